The molecule has 6 heteroatoms. The van der Waals surface area contributed by atoms with Crippen LogP contribution in [-0.4, -0.2) is 35.8 Å². The number of nitrogens with zero attached hydrogens (tertiary/aromatic N) is 2. The van der Waals surface area contributed by atoms with Crippen molar-refractivity contribution in [1.82, 2.24) is 15.2 Å². The number of aromatic nitrogens is 1. The first-order valence-electron chi connectivity index (χ1n) is 7.49. The Bertz CT molecular complexity index is 460. The number of hydrogen-bond acceptors (Lipinski definition) is 4. The number of hydrogen-bond donors (Lipinski definition) is 1. The summed E-state index contributed by atoms with van der Waals surface area (Å²) in [6, 6.07) is 0. The number of thiazole rings is 1. The fraction of sp³-hybridized carbons (Fsp3) is 0.667. The Labute approximate surface area is 130 Å². The Kier molecular flexibility index (Phi) is 7.97. The van der Waals surface area contributed by atoms with Crippen molar-refractivity contribution in [3.63, 3.8) is 0 Å². The van der Waals surface area contributed by atoms with Crippen molar-refractivity contribution in [2.24, 2.45) is 0 Å². The van der Waals surface area contributed by atoms with Gasteiger partial charge in [-0.05, 0) is 6.42 Å². The lowest BCUT2D eigenvalue weighted by Gasteiger charge is -2.15. The van der Waals surface area contributed by atoms with Crippen molar-refractivity contribution in [3.8, 4) is 0 Å². The third kappa shape index (κ3) is 6.25. The second kappa shape index (κ2) is 9.50. The van der Waals surface area contributed by atoms with Crippen LogP contribution in [0.1, 0.15) is 60.9 Å². The molecule has 0 aliphatic rings. The molecular weight excluding hydrogens is 286 g/mol. The van der Waals surface area contributed by atoms with E-state index in [0.717, 1.165) is 17.8 Å². The molecule has 0 aliphatic heterocycles. The lowest BCUT2D eigenvalue weighted by Crippen LogP contribution is -2.26. The molecule has 0 unspecified atom stereocenters. The summed E-state index contributed by atoms with van der Waals surface area (Å²) in [5.41, 5.74) is 0.415. The molecule has 0 saturated heterocycles. The van der Waals surface area contributed by atoms with Crippen LogP contribution in [0, 0.1) is 0 Å². The van der Waals surface area contributed by atoms with Crippen molar-refractivity contribution in [2.75, 3.05) is 14.1 Å². The largest absolute Gasteiger partial charge is 0.354 e. The van der Waals surface area contributed by atoms with E-state index in [1.165, 1.54) is 30.6 Å². The Hall–Kier alpha value is -1.43. The number of carbonyl (C=O) groups is 2. The van der Waals surface area contributed by atoms with Gasteiger partial charge < -0.3 is 10.2 Å². The van der Waals surface area contributed by atoms with E-state index < -0.39 is 0 Å². The first-order valence-corrected chi connectivity index (χ1v) is 8.36. The van der Waals surface area contributed by atoms with Gasteiger partial charge in [0, 0.05) is 25.9 Å². The van der Waals surface area contributed by atoms with E-state index in [-0.39, 0.29) is 11.8 Å². The van der Waals surface area contributed by atoms with Crippen molar-refractivity contribution >= 4 is 23.2 Å². The number of nitrogens with one attached hydrogen (secondary N) is 1. The summed E-state index contributed by atoms with van der Waals surface area (Å²) in [7, 11) is 3.37. The van der Waals surface area contributed by atoms with Gasteiger partial charge >= 0.3 is 0 Å². The molecule has 118 valence electrons. The highest BCUT2D eigenvalue weighted by atomic mass is 32.1. The van der Waals surface area contributed by atoms with Crippen molar-refractivity contribution < 1.29 is 9.59 Å². The summed E-state index contributed by atoms with van der Waals surface area (Å²) >= 11 is 1.41. The van der Waals surface area contributed by atoms with E-state index in [2.05, 4.69) is 17.2 Å². The van der Waals surface area contributed by atoms with Crippen molar-refractivity contribution in [3.05, 3.63) is 16.1 Å². The zero-order valence-electron chi connectivity index (χ0n) is 13.1. The van der Waals surface area contributed by atoms with E-state index >= 15 is 0 Å². The van der Waals surface area contributed by atoms with Gasteiger partial charge in [-0.2, -0.15) is 0 Å². The molecule has 1 rings (SSSR count). The molecule has 1 N–H and O–H groups in total. The molecule has 5 nitrogen and oxygen atoms in total. The van der Waals surface area contributed by atoms with Gasteiger partial charge in [-0.1, -0.05) is 32.6 Å². The normalized spacial score (nSPS) is 10.4. The highest BCUT2D eigenvalue weighted by Crippen LogP contribution is 2.13. The molecule has 0 saturated carbocycles. The van der Waals surface area contributed by atoms with Gasteiger partial charge in [0.05, 0.1) is 6.54 Å². The van der Waals surface area contributed by atoms with E-state index in [1.54, 1.807) is 24.4 Å². The summed E-state index contributed by atoms with van der Waals surface area (Å²) in [5, 5.41) is 5.05. The fourth-order valence-electron chi connectivity index (χ4n) is 1.98. The van der Waals surface area contributed by atoms with Crippen LogP contribution in [0.15, 0.2) is 5.38 Å². The predicted octanol–water partition coefficient (Wildman–Crippen LogP) is 2.82. The van der Waals surface area contributed by atoms with E-state index in [0.29, 0.717) is 18.7 Å². The van der Waals surface area contributed by atoms with Crippen LogP contribution in [0.4, 0.5) is 0 Å². The Balaban J connectivity index is 2.34. The van der Waals surface area contributed by atoms with Gasteiger partial charge in [0.2, 0.25) is 5.91 Å². The maximum Gasteiger partial charge on any atom is 0.270 e. The molecule has 1 heterocycles. The lowest BCUT2D eigenvalue weighted by molar-refractivity contribution is -0.130. The van der Waals surface area contributed by atoms with Crippen molar-refractivity contribution in [1.29, 1.82) is 0 Å². The van der Waals surface area contributed by atoms with Crippen molar-refractivity contribution in [2.45, 2.75) is 52.0 Å². The van der Waals surface area contributed by atoms with Gasteiger partial charge in [-0.15, -0.1) is 11.3 Å². The molecule has 1 aromatic heterocycles. The second-order valence-electron chi connectivity index (χ2n) is 5.12. The molecule has 0 spiro atoms. The average molecular weight is 311 g/mol. The van der Waals surface area contributed by atoms with Crippen LogP contribution in [0.25, 0.3) is 0 Å². The summed E-state index contributed by atoms with van der Waals surface area (Å²) < 4.78 is 0. The Morgan fingerprint density at radius 3 is 2.67 bits per heavy atom. The summed E-state index contributed by atoms with van der Waals surface area (Å²) in [5.74, 6) is -0.0504. The smallest absolute Gasteiger partial charge is 0.270 e. The molecular formula is C15H25N3O2S. The van der Waals surface area contributed by atoms with Crippen LogP contribution in [0.2, 0.25) is 0 Å². The van der Waals surface area contributed by atoms with Crippen LogP contribution < -0.4 is 5.32 Å². The molecule has 0 aromatic carbocycles. The number of rotatable bonds is 9. The van der Waals surface area contributed by atoms with E-state index in [1.807, 2.05) is 0 Å². The molecule has 0 aliphatic carbocycles. The quantitative estimate of drug-likeness (QED) is 0.713. The number of unbranched alkanes of at least 4 members (excludes halogenated alkanes) is 4. The lowest BCUT2D eigenvalue weighted by atomic mass is 10.1. The highest BCUT2D eigenvalue weighted by molar-refractivity contribution is 7.09. The Morgan fingerprint density at radius 2 is 2.00 bits per heavy atom. The highest BCUT2D eigenvalue weighted by Gasteiger charge is 2.13. The third-order valence-corrected chi connectivity index (χ3v) is 4.14. The molecule has 0 radical (unpaired) electrons. The number of carbonyl (C=O) groups excluding carboxylic acids is 2. The molecule has 0 fully saturated rings. The minimum absolute atomic E-state index is 0.142. The van der Waals surface area contributed by atoms with Gasteiger partial charge in [0.1, 0.15) is 10.7 Å². The van der Waals surface area contributed by atoms with Gasteiger partial charge in [0.25, 0.3) is 5.91 Å². The van der Waals surface area contributed by atoms with Crippen LogP contribution >= 0.6 is 11.3 Å². The predicted molar refractivity (Wildman–Crippen MR) is 85.4 cm³/mol. The molecule has 0 atom stereocenters. The summed E-state index contributed by atoms with van der Waals surface area (Å²) in [6.07, 6.45) is 6.32. The minimum atomic E-state index is -0.192. The van der Waals surface area contributed by atoms with E-state index in [9.17, 15) is 9.59 Å². The standard InChI is InChI=1S/C15H25N3O2S/c1-4-5-6-7-8-9-14(19)18(3)10-13-17-12(11-21-13)15(20)16-2/h11H,4-10H2,1-3H3,(H,16,20). The van der Waals surface area contributed by atoms with Gasteiger partial charge in [0.15, 0.2) is 0 Å². The van der Waals surface area contributed by atoms with E-state index in [4.69, 9.17) is 0 Å². The average Bonchev–Trinajstić information content (AvgIpc) is 2.94. The molecule has 2 amide bonds. The zero-order valence-corrected chi connectivity index (χ0v) is 14.0. The maximum absolute atomic E-state index is 12.0. The Morgan fingerprint density at radius 1 is 1.29 bits per heavy atom. The zero-order chi connectivity index (χ0) is 15.7. The monoisotopic (exact) mass is 311 g/mol. The molecule has 21 heavy (non-hydrogen) atoms. The van der Waals surface area contributed by atoms with Gasteiger partial charge in [-0.3, -0.25) is 9.59 Å². The first-order chi connectivity index (χ1) is 10.1. The minimum Gasteiger partial charge on any atom is -0.354 e. The second-order valence-corrected chi connectivity index (χ2v) is 6.06. The van der Waals surface area contributed by atoms with Crippen LogP contribution in [0.5, 0.6) is 0 Å². The molecule has 0 bridgehead atoms. The maximum atomic E-state index is 12.0. The van der Waals surface area contributed by atoms with Crippen LogP contribution in [-0.2, 0) is 11.3 Å². The third-order valence-electron chi connectivity index (χ3n) is 3.30. The first kappa shape index (κ1) is 17.6. The topological polar surface area (TPSA) is 62.3 Å². The fourth-order valence-corrected chi connectivity index (χ4v) is 2.80. The SMILES string of the molecule is CCCCCCCC(=O)N(C)Cc1nc(C(=O)NC)cs1. The van der Waals surface area contributed by atoms with Crippen LogP contribution in [0.3, 0.4) is 0 Å². The summed E-state index contributed by atoms with van der Waals surface area (Å²) in [4.78, 5) is 29.4. The summed E-state index contributed by atoms with van der Waals surface area (Å²) in [6.45, 7) is 2.65. The number of amides is 2. The van der Waals surface area contributed by atoms with Gasteiger partial charge in [-0.25, -0.2) is 4.98 Å². The molecule has 1 aromatic rings.